The second-order valence-corrected chi connectivity index (χ2v) is 14.7. The highest BCUT2D eigenvalue weighted by Gasteiger charge is 2.68. The minimum atomic E-state index is -3.59. The van der Waals surface area contributed by atoms with Gasteiger partial charge in [-0.25, -0.2) is 17.9 Å². The third-order valence-corrected chi connectivity index (χ3v) is 8.60. The molecule has 0 radical (unpaired) electrons. The van der Waals surface area contributed by atoms with Crippen molar-refractivity contribution in [2.75, 3.05) is 12.8 Å². The molecular formula is C24H44BN3O7S. The van der Waals surface area contributed by atoms with E-state index in [1.807, 2.05) is 13.8 Å². The Morgan fingerprint density at radius 3 is 2.31 bits per heavy atom. The molecule has 0 aromatic carbocycles. The summed E-state index contributed by atoms with van der Waals surface area (Å²) >= 11 is 0. The van der Waals surface area contributed by atoms with Crippen molar-refractivity contribution in [3.05, 3.63) is 0 Å². The van der Waals surface area contributed by atoms with Crippen molar-refractivity contribution < 1.29 is 32.1 Å². The summed E-state index contributed by atoms with van der Waals surface area (Å²) in [7, 11) is -4.23. The van der Waals surface area contributed by atoms with Gasteiger partial charge in [0, 0.05) is 6.54 Å². The molecule has 0 unspecified atom stereocenters. The van der Waals surface area contributed by atoms with Crippen molar-refractivity contribution in [1.82, 2.24) is 15.4 Å². The minimum Gasteiger partial charge on any atom is -0.444 e. The number of hydrogen-bond donors (Lipinski definition) is 3. The highest BCUT2D eigenvalue weighted by Crippen LogP contribution is 2.65. The van der Waals surface area contributed by atoms with Crippen LogP contribution in [0.5, 0.6) is 0 Å². The Morgan fingerprint density at radius 2 is 1.78 bits per heavy atom. The molecule has 12 heteroatoms. The highest BCUT2D eigenvalue weighted by molar-refractivity contribution is 7.88. The standard InChI is InChI=1S/C24H44BN3O7S/c1-14(2)10-19(25-34-18-12-15-11-17(23(15,6)7)24(18,8)35-25)28-20(29)16(13-26-36(9,31)32)27-21(30)33-22(3,4)5/h14-19,26H,10-13H2,1-9H3,(H,27,30)(H,28,29)/t15-,16+,17-,18-,19+,24+/m1/s1. The molecule has 0 aromatic heterocycles. The van der Waals surface area contributed by atoms with Gasteiger partial charge in [0.25, 0.3) is 0 Å². The van der Waals surface area contributed by atoms with Gasteiger partial charge in [-0.05, 0) is 70.1 Å². The molecule has 206 valence electrons. The smallest absolute Gasteiger partial charge is 0.444 e. The average Bonchev–Trinajstić information content (AvgIpc) is 3.05. The molecule has 0 spiro atoms. The van der Waals surface area contributed by atoms with Gasteiger partial charge >= 0.3 is 13.2 Å². The molecule has 36 heavy (non-hydrogen) atoms. The van der Waals surface area contributed by atoms with Crippen LogP contribution in [0.4, 0.5) is 4.79 Å². The normalized spacial score (nSPS) is 30.7. The fourth-order valence-electron chi connectivity index (χ4n) is 5.99. The number of carbonyl (C=O) groups is 2. The maximum atomic E-state index is 13.4. The number of hydrogen-bond acceptors (Lipinski definition) is 7. The van der Waals surface area contributed by atoms with Crippen LogP contribution in [-0.4, -0.2) is 69.6 Å². The van der Waals surface area contributed by atoms with E-state index in [-0.39, 0.29) is 24.0 Å². The zero-order valence-corrected chi connectivity index (χ0v) is 24.0. The van der Waals surface area contributed by atoms with Crippen LogP contribution in [0.3, 0.4) is 0 Å². The van der Waals surface area contributed by atoms with E-state index < -0.39 is 52.3 Å². The minimum absolute atomic E-state index is 0.0339. The first-order valence-electron chi connectivity index (χ1n) is 12.9. The maximum Gasteiger partial charge on any atom is 0.481 e. The molecule has 4 fully saturated rings. The van der Waals surface area contributed by atoms with E-state index >= 15 is 0 Å². The number of sulfonamides is 1. The summed E-state index contributed by atoms with van der Waals surface area (Å²) < 4.78 is 43.9. The lowest BCUT2D eigenvalue weighted by molar-refractivity contribution is -0.199. The van der Waals surface area contributed by atoms with Gasteiger partial charge in [0.05, 0.1) is 23.9 Å². The van der Waals surface area contributed by atoms with Crippen molar-refractivity contribution in [2.24, 2.45) is 23.2 Å². The lowest BCUT2D eigenvalue weighted by Gasteiger charge is -2.64. The topological polar surface area (TPSA) is 132 Å². The summed E-state index contributed by atoms with van der Waals surface area (Å²) in [5.74, 6) is 0.204. The van der Waals surface area contributed by atoms with Crippen molar-refractivity contribution in [3.63, 3.8) is 0 Å². The van der Waals surface area contributed by atoms with E-state index in [2.05, 4.69) is 36.1 Å². The van der Waals surface area contributed by atoms with Gasteiger partial charge in [-0.2, -0.15) is 0 Å². The van der Waals surface area contributed by atoms with Crippen LogP contribution in [0, 0.1) is 23.2 Å². The van der Waals surface area contributed by atoms with Crippen LogP contribution in [-0.2, 0) is 28.9 Å². The van der Waals surface area contributed by atoms with Crippen molar-refractivity contribution in [2.45, 2.75) is 104 Å². The van der Waals surface area contributed by atoms with E-state index in [1.54, 1.807) is 20.8 Å². The summed E-state index contributed by atoms with van der Waals surface area (Å²) in [6, 6.07) is -1.18. The molecule has 10 nitrogen and oxygen atoms in total. The summed E-state index contributed by atoms with van der Waals surface area (Å²) in [4.78, 5) is 25.7. The summed E-state index contributed by atoms with van der Waals surface area (Å²) in [5, 5.41) is 5.47. The predicted octanol–water partition coefficient (Wildman–Crippen LogP) is 2.23. The van der Waals surface area contributed by atoms with Crippen molar-refractivity contribution in [1.29, 1.82) is 0 Å². The molecular weight excluding hydrogens is 485 g/mol. The molecule has 6 atom stereocenters. The molecule has 3 N–H and O–H groups in total. The average molecular weight is 530 g/mol. The molecule has 0 aromatic rings. The lowest BCUT2D eigenvalue weighted by atomic mass is 9.43. The zero-order chi connectivity index (χ0) is 27.3. The van der Waals surface area contributed by atoms with E-state index in [0.717, 1.165) is 19.1 Å². The fraction of sp³-hybridized carbons (Fsp3) is 0.917. The van der Waals surface area contributed by atoms with E-state index in [9.17, 15) is 18.0 Å². The fourth-order valence-corrected chi connectivity index (χ4v) is 6.46. The van der Waals surface area contributed by atoms with Crippen LogP contribution >= 0.6 is 0 Å². The third kappa shape index (κ3) is 6.55. The zero-order valence-electron chi connectivity index (χ0n) is 23.1. The first kappa shape index (κ1) is 29.2. The Labute approximate surface area is 216 Å². The van der Waals surface area contributed by atoms with Gasteiger partial charge in [-0.3, -0.25) is 4.79 Å². The van der Waals surface area contributed by atoms with Gasteiger partial charge in [-0.1, -0.05) is 27.7 Å². The van der Waals surface area contributed by atoms with Gasteiger partial charge in [-0.15, -0.1) is 0 Å². The molecule has 3 aliphatic carbocycles. The first-order valence-corrected chi connectivity index (χ1v) is 14.8. The number of ether oxygens (including phenoxy) is 1. The molecule has 2 amide bonds. The van der Waals surface area contributed by atoms with Crippen LogP contribution < -0.4 is 15.4 Å². The van der Waals surface area contributed by atoms with E-state index in [4.69, 9.17) is 14.0 Å². The Hall–Kier alpha value is -1.37. The molecule has 4 rings (SSSR count). The number of carbonyl (C=O) groups excluding carboxylic acids is 2. The Kier molecular flexibility index (Phi) is 8.17. The predicted molar refractivity (Wildman–Crippen MR) is 138 cm³/mol. The lowest BCUT2D eigenvalue weighted by Crippen LogP contribution is -2.65. The summed E-state index contributed by atoms with van der Waals surface area (Å²) in [6.07, 6.45) is 2.79. The molecule has 4 aliphatic rings. The SMILES string of the molecule is CC(C)C[C@H](NC(=O)[C@H](CNS(C)(=O)=O)NC(=O)OC(C)(C)C)B1O[C@@H]2C[C@H]3C[C@H](C3(C)C)[C@]2(C)O1. The molecule has 1 aliphatic heterocycles. The second-order valence-electron chi connectivity index (χ2n) is 12.9. The maximum absolute atomic E-state index is 13.4. The van der Waals surface area contributed by atoms with Crippen molar-refractivity contribution >= 4 is 29.1 Å². The van der Waals surface area contributed by atoms with Gasteiger partial charge in [0.2, 0.25) is 15.9 Å². The number of alkyl carbamates (subject to hydrolysis) is 1. The Balaban J connectivity index is 1.75. The molecule has 2 bridgehead atoms. The van der Waals surface area contributed by atoms with Gasteiger partial charge < -0.3 is 24.7 Å². The van der Waals surface area contributed by atoms with Crippen LogP contribution in [0.2, 0.25) is 0 Å². The van der Waals surface area contributed by atoms with E-state index in [0.29, 0.717) is 18.3 Å². The largest absolute Gasteiger partial charge is 0.481 e. The molecule has 3 saturated carbocycles. The third-order valence-electron chi connectivity index (χ3n) is 7.91. The quantitative estimate of drug-likeness (QED) is 0.390. The van der Waals surface area contributed by atoms with Crippen molar-refractivity contribution in [3.8, 4) is 0 Å². The second kappa shape index (κ2) is 10.1. The number of nitrogens with one attached hydrogen (secondary N) is 3. The highest BCUT2D eigenvalue weighted by atomic mass is 32.2. The van der Waals surface area contributed by atoms with Gasteiger partial charge in [0.15, 0.2) is 0 Å². The van der Waals surface area contributed by atoms with Crippen LogP contribution in [0.15, 0.2) is 0 Å². The van der Waals surface area contributed by atoms with Crippen LogP contribution in [0.25, 0.3) is 0 Å². The molecule has 1 heterocycles. The Morgan fingerprint density at radius 1 is 1.14 bits per heavy atom. The van der Waals surface area contributed by atoms with E-state index in [1.165, 1.54) is 0 Å². The Bertz CT molecular complexity index is 952. The summed E-state index contributed by atoms with van der Waals surface area (Å²) in [6.45, 7) is 15.6. The van der Waals surface area contributed by atoms with Crippen LogP contribution in [0.1, 0.15) is 74.7 Å². The monoisotopic (exact) mass is 529 g/mol. The number of amides is 2. The van der Waals surface area contributed by atoms with Gasteiger partial charge in [0.1, 0.15) is 11.6 Å². The molecule has 1 saturated heterocycles. The number of rotatable bonds is 9. The summed E-state index contributed by atoms with van der Waals surface area (Å²) in [5.41, 5.74) is -1.00. The first-order chi connectivity index (χ1) is 16.3.